The summed E-state index contributed by atoms with van der Waals surface area (Å²) in [4.78, 5) is 10.7. The minimum Gasteiger partial charge on any atom is -0.468 e. The van der Waals surface area contributed by atoms with Crippen molar-refractivity contribution in [2.24, 2.45) is 5.73 Å². The van der Waals surface area contributed by atoms with Crippen LogP contribution in [0.5, 0.6) is 5.75 Å². The molecule has 0 unspecified atom stereocenters. The van der Waals surface area contributed by atoms with Crippen molar-refractivity contribution in [1.82, 2.24) is 0 Å². The quantitative estimate of drug-likeness (QED) is 0.698. The molecule has 0 bridgehead atoms. The minimum atomic E-state index is -0.446. The maximum Gasteiger partial charge on any atom is 0.248 e. The normalized spacial score (nSPS) is 9.62. The zero-order valence-corrected chi connectivity index (χ0v) is 7.32. The number of amides is 1. The van der Waals surface area contributed by atoms with Gasteiger partial charge >= 0.3 is 0 Å². The number of carbonyl (C=O) groups is 1. The molecular formula is C9H11NO3. The van der Waals surface area contributed by atoms with E-state index in [1.165, 1.54) is 7.11 Å². The molecule has 70 valence electrons. The van der Waals surface area contributed by atoms with E-state index in [-0.39, 0.29) is 6.79 Å². The summed E-state index contributed by atoms with van der Waals surface area (Å²) in [5.74, 6) is 0.199. The molecule has 0 atom stereocenters. The van der Waals surface area contributed by atoms with Gasteiger partial charge in [0.15, 0.2) is 6.79 Å². The molecule has 0 spiro atoms. The minimum absolute atomic E-state index is 0.190. The molecule has 4 nitrogen and oxygen atoms in total. The van der Waals surface area contributed by atoms with E-state index < -0.39 is 5.91 Å². The Kier molecular flexibility index (Phi) is 3.28. The molecule has 0 heterocycles. The monoisotopic (exact) mass is 181 g/mol. The van der Waals surface area contributed by atoms with Crippen molar-refractivity contribution in [1.29, 1.82) is 0 Å². The maximum absolute atomic E-state index is 10.7. The lowest BCUT2D eigenvalue weighted by Gasteiger charge is -2.03. The first-order valence-corrected chi connectivity index (χ1v) is 3.75. The second-order valence-electron chi connectivity index (χ2n) is 2.44. The van der Waals surface area contributed by atoms with Gasteiger partial charge < -0.3 is 15.2 Å². The molecule has 0 aliphatic heterocycles. The lowest BCUT2D eigenvalue weighted by molar-refractivity contribution is 0.0511. The van der Waals surface area contributed by atoms with Crippen LogP contribution in [0.3, 0.4) is 0 Å². The van der Waals surface area contributed by atoms with Crippen LogP contribution in [0.2, 0.25) is 0 Å². The number of carbonyl (C=O) groups excluding carboxylic acids is 1. The molecule has 0 saturated carbocycles. The number of rotatable bonds is 4. The van der Waals surface area contributed by atoms with Crippen LogP contribution < -0.4 is 10.5 Å². The lowest BCUT2D eigenvalue weighted by Crippen LogP contribution is -2.10. The van der Waals surface area contributed by atoms with Crippen LogP contribution in [0, 0.1) is 0 Å². The largest absolute Gasteiger partial charge is 0.468 e. The van der Waals surface area contributed by atoms with Crippen molar-refractivity contribution >= 4 is 5.91 Å². The van der Waals surface area contributed by atoms with Crippen molar-refractivity contribution in [2.75, 3.05) is 13.9 Å². The van der Waals surface area contributed by atoms with Gasteiger partial charge in [0.1, 0.15) is 5.75 Å². The Hall–Kier alpha value is -1.55. The summed E-state index contributed by atoms with van der Waals surface area (Å²) in [6, 6.07) is 6.54. The third kappa shape index (κ3) is 2.76. The second kappa shape index (κ2) is 4.47. The number of methoxy groups -OCH3 is 1. The molecule has 1 aromatic rings. The zero-order valence-electron chi connectivity index (χ0n) is 7.32. The molecule has 0 fully saturated rings. The van der Waals surface area contributed by atoms with Crippen LogP contribution in [0.1, 0.15) is 10.4 Å². The fourth-order valence-corrected chi connectivity index (χ4v) is 0.842. The van der Waals surface area contributed by atoms with E-state index in [0.29, 0.717) is 11.3 Å². The van der Waals surface area contributed by atoms with Crippen LogP contribution in [0.25, 0.3) is 0 Å². The zero-order chi connectivity index (χ0) is 9.68. The molecule has 0 aliphatic carbocycles. The molecule has 2 N–H and O–H groups in total. The average Bonchev–Trinajstić information content (AvgIpc) is 2.15. The number of primary amides is 1. The maximum atomic E-state index is 10.7. The molecular weight excluding hydrogens is 170 g/mol. The van der Waals surface area contributed by atoms with Crippen molar-refractivity contribution in [2.45, 2.75) is 0 Å². The molecule has 13 heavy (non-hydrogen) atoms. The third-order valence-corrected chi connectivity index (χ3v) is 1.48. The molecule has 0 saturated heterocycles. The van der Waals surface area contributed by atoms with Crippen molar-refractivity contribution in [3.05, 3.63) is 29.8 Å². The highest BCUT2D eigenvalue weighted by Gasteiger charge is 1.99. The van der Waals surface area contributed by atoms with Gasteiger partial charge in [-0.15, -0.1) is 0 Å². The summed E-state index contributed by atoms with van der Waals surface area (Å²) < 4.78 is 9.83. The molecule has 0 radical (unpaired) electrons. The average molecular weight is 181 g/mol. The third-order valence-electron chi connectivity index (χ3n) is 1.48. The summed E-state index contributed by atoms with van der Waals surface area (Å²) >= 11 is 0. The van der Waals surface area contributed by atoms with E-state index in [0.717, 1.165) is 0 Å². The van der Waals surface area contributed by atoms with Gasteiger partial charge in [-0.3, -0.25) is 4.79 Å². The molecule has 1 amide bonds. The molecule has 0 aliphatic rings. The van der Waals surface area contributed by atoms with Crippen LogP contribution in [0.4, 0.5) is 0 Å². The Morgan fingerprint density at radius 2 is 2.00 bits per heavy atom. The summed E-state index contributed by atoms with van der Waals surface area (Å²) in [7, 11) is 1.54. The van der Waals surface area contributed by atoms with Gasteiger partial charge in [0, 0.05) is 12.7 Å². The van der Waals surface area contributed by atoms with Gasteiger partial charge in [-0.25, -0.2) is 0 Å². The molecule has 4 heteroatoms. The van der Waals surface area contributed by atoms with Crippen LogP contribution in [0.15, 0.2) is 24.3 Å². The first-order chi connectivity index (χ1) is 6.24. The van der Waals surface area contributed by atoms with Crippen molar-refractivity contribution in [3.63, 3.8) is 0 Å². The van der Waals surface area contributed by atoms with Gasteiger partial charge in [-0.1, -0.05) is 0 Å². The van der Waals surface area contributed by atoms with Gasteiger partial charge in [0.25, 0.3) is 0 Å². The number of ether oxygens (including phenoxy) is 2. The number of hydrogen-bond donors (Lipinski definition) is 1. The van der Waals surface area contributed by atoms with Gasteiger partial charge in [0.05, 0.1) is 0 Å². The summed E-state index contributed by atoms with van der Waals surface area (Å²) in [6.07, 6.45) is 0. The molecule has 1 aromatic carbocycles. The van der Waals surface area contributed by atoms with E-state index in [9.17, 15) is 4.79 Å². The first-order valence-electron chi connectivity index (χ1n) is 3.75. The SMILES string of the molecule is COCOc1ccc(C(N)=O)cc1. The Morgan fingerprint density at radius 1 is 1.38 bits per heavy atom. The van der Waals surface area contributed by atoms with Crippen molar-refractivity contribution in [3.8, 4) is 5.75 Å². The summed E-state index contributed by atoms with van der Waals surface area (Å²) in [5, 5.41) is 0. The topological polar surface area (TPSA) is 61.6 Å². The van der Waals surface area contributed by atoms with Gasteiger partial charge in [0.2, 0.25) is 5.91 Å². The van der Waals surface area contributed by atoms with Crippen LogP contribution in [-0.2, 0) is 4.74 Å². The standard InChI is InChI=1S/C9H11NO3/c1-12-6-13-8-4-2-7(3-5-8)9(10)11/h2-5H,6H2,1H3,(H2,10,11). The van der Waals surface area contributed by atoms with E-state index in [1.54, 1.807) is 24.3 Å². The lowest BCUT2D eigenvalue weighted by atomic mass is 10.2. The first kappa shape index (κ1) is 9.54. The van der Waals surface area contributed by atoms with Gasteiger partial charge in [-0.05, 0) is 24.3 Å². The summed E-state index contributed by atoms with van der Waals surface area (Å²) in [6.45, 7) is 0.190. The number of hydrogen-bond acceptors (Lipinski definition) is 3. The Balaban J connectivity index is 2.64. The van der Waals surface area contributed by atoms with Crippen LogP contribution in [-0.4, -0.2) is 19.8 Å². The highest BCUT2D eigenvalue weighted by Crippen LogP contribution is 2.11. The predicted octanol–water partition coefficient (Wildman–Crippen LogP) is 0.768. The molecule has 0 aromatic heterocycles. The van der Waals surface area contributed by atoms with Gasteiger partial charge in [-0.2, -0.15) is 0 Å². The smallest absolute Gasteiger partial charge is 0.248 e. The van der Waals surface area contributed by atoms with E-state index in [4.69, 9.17) is 15.2 Å². The number of benzene rings is 1. The Labute approximate surface area is 76.3 Å². The Morgan fingerprint density at radius 3 is 2.46 bits per heavy atom. The fraction of sp³-hybridized carbons (Fsp3) is 0.222. The highest BCUT2D eigenvalue weighted by molar-refractivity contribution is 5.92. The van der Waals surface area contributed by atoms with Crippen molar-refractivity contribution < 1.29 is 14.3 Å². The second-order valence-corrected chi connectivity index (χ2v) is 2.44. The van der Waals surface area contributed by atoms with E-state index in [2.05, 4.69) is 0 Å². The Bertz CT molecular complexity index is 281. The summed E-state index contributed by atoms with van der Waals surface area (Å²) in [5.41, 5.74) is 5.52. The number of nitrogens with two attached hydrogens (primary N) is 1. The fourth-order valence-electron chi connectivity index (χ4n) is 0.842. The predicted molar refractivity (Wildman–Crippen MR) is 47.5 cm³/mol. The van der Waals surface area contributed by atoms with Crippen LogP contribution >= 0.6 is 0 Å². The highest BCUT2D eigenvalue weighted by atomic mass is 16.7. The molecule has 1 rings (SSSR count). The van der Waals surface area contributed by atoms with E-state index >= 15 is 0 Å². The van der Waals surface area contributed by atoms with E-state index in [1.807, 2.05) is 0 Å².